The lowest BCUT2D eigenvalue weighted by Gasteiger charge is -2.39. The highest BCUT2D eigenvalue weighted by Gasteiger charge is 2.37. The van der Waals surface area contributed by atoms with Gasteiger partial charge in [-0.2, -0.15) is 14.7 Å². The minimum Gasteiger partial charge on any atom is -0.444 e. The van der Waals surface area contributed by atoms with E-state index in [1.54, 1.807) is 81.0 Å². The van der Waals surface area contributed by atoms with E-state index in [9.17, 15) is 14.8 Å². The molecule has 216 valence electrons. The molecule has 4 heterocycles. The SMILES string of the molecule is C/C(=N\O)C1CCC(c2cc(NC(=O)OC(C)(C)C)n3ncc(-c4cnn(C)c4)c3n2)CN1C(=O)OC(C)(C)C. The number of ether oxygens (including phenoxy) is 2. The van der Waals surface area contributed by atoms with Crippen molar-refractivity contribution < 1.29 is 24.3 Å². The van der Waals surface area contributed by atoms with Gasteiger partial charge < -0.3 is 14.7 Å². The maximum absolute atomic E-state index is 13.2. The molecule has 0 aromatic carbocycles. The maximum Gasteiger partial charge on any atom is 0.413 e. The summed E-state index contributed by atoms with van der Waals surface area (Å²) in [7, 11) is 1.82. The number of anilines is 1. The van der Waals surface area contributed by atoms with E-state index in [0.29, 0.717) is 35.7 Å². The molecule has 0 aliphatic carbocycles. The minimum absolute atomic E-state index is 0.198. The van der Waals surface area contributed by atoms with Crippen molar-refractivity contribution in [3.05, 3.63) is 30.4 Å². The van der Waals surface area contributed by atoms with Crippen LogP contribution < -0.4 is 5.32 Å². The number of aromatic nitrogens is 5. The van der Waals surface area contributed by atoms with E-state index in [1.165, 1.54) is 0 Å². The zero-order chi connectivity index (χ0) is 29.4. The van der Waals surface area contributed by atoms with E-state index in [4.69, 9.17) is 14.5 Å². The Kier molecular flexibility index (Phi) is 7.77. The lowest BCUT2D eigenvalue weighted by Crippen LogP contribution is -2.51. The molecule has 0 radical (unpaired) electrons. The number of carbonyl (C=O) groups is 2. The van der Waals surface area contributed by atoms with E-state index in [0.717, 1.165) is 11.1 Å². The summed E-state index contributed by atoms with van der Waals surface area (Å²) in [6, 6.07) is 1.34. The molecule has 2 amide bonds. The van der Waals surface area contributed by atoms with Gasteiger partial charge in [-0.25, -0.2) is 14.6 Å². The Hall–Kier alpha value is -4.16. The van der Waals surface area contributed by atoms with E-state index >= 15 is 0 Å². The molecule has 2 atom stereocenters. The number of fused-ring (bicyclic) bond motifs is 1. The van der Waals surface area contributed by atoms with Gasteiger partial charge in [0, 0.05) is 42.9 Å². The number of rotatable bonds is 4. The summed E-state index contributed by atoms with van der Waals surface area (Å²) < 4.78 is 14.4. The largest absolute Gasteiger partial charge is 0.444 e. The number of amides is 2. The van der Waals surface area contributed by atoms with Crippen molar-refractivity contribution in [1.29, 1.82) is 0 Å². The van der Waals surface area contributed by atoms with Crippen LogP contribution in [0.15, 0.2) is 29.8 Å². The fourth-order valence-electron chi connectivity index (χ4n) is 4.69. The van der Waals surface area contributed by atoms with Crippen molar-refractivity contribution in [2.45, 2.75) is 84.5 Å². The topological polar surface area (TPSA) is 148 Å². The van der Waals surface area contributed by atoms with E-state index in [-0.39, 0.29) is 12.5 Å². The summed E-state index contributed by atoms with van der Waals surface area (Å²) >= 11 is 0. The number of carbonyl (C=O) groups excluding carboxylic acids is 2. The van der Waals surface area contributed by atoms with Gasteiger partial charge in [0.2, 0.25) is 0 Å². The quantitative estimate of drug-likeness (QED) is 0.265. The first-order valence-corrected chi connectivity index (χ1v) is 13.2. The third-order valence-electron chi connectivity index (χ3n) is 6.40. The number of nitrogens with zero attached hydrogens (tertiary/aromatic N) is 7. The summed E-state index contributed by atoms with van der Waals surface area (Å²) in [4.78, 5) is 32.5. The Morgan fingerprint density at radius 1 is 1.07 bits per heavy atom. The second-order valence-electron chi connectivity index (χ2n) is 12.1. The van der Waals surface area contributed by atoms with Crippen LogP contribution in [0.2, 0.25) is 0 Å². The van der Waals surface area contributed by atoms with Crippen LogP contribution in [0.4, 0.5) is 15.4 Å². The van der Waals surface area contributed by atoms with Gasteiger partial charge in [-0.1, -0.05) is 5.16 Å². The Balaban J connectivity index is 1.76. The van der Waals surface area contributed by atoms with Gasteiger partial charge in [-0.3, -0.25) is 14.9 Å². The molecule has 1 aliphatic rings. The fourth-order valence-corrected chi connectivity index (χ4v) is 4.69. The highest BCUT2D eigenvalue weighted by Crippen LogP contribution is 2.34. The Bertz CT molecular complexity index is 1430. The predicted octanol–water partition coefficient (Wildman–Crippen LogP) is 4.81. The molecule has 2 unspecified atom stereocenters. The van der Waals surface area contributed by atoms with Crippen molar-refractivity contribution in [2.24, 2.45) is 12.2 Å². The first-order chi connectivity index (χ1) is 18.6. The molecule has 3 aromatic rings. The Morgan fingerprint density at radius 2 is 1.77 bits per heavy atom. The first-order valence-electron chi connectivity index (χ1n) is 13.2. The summed E-state index contributed by atoms with van der Waals surface area (Å²) in [5.74, 6) is 0.180. The number of piperidine rings is 1. The van der Waals surface area contributed by atoms with Gasteiger partial charge in [-0.15, -0.1) is 0 Å². The van der Waals surface area contributed by atoms with Crippen molar-refractivity contribution in [3.8, 4) is 11.1 Å². The zero-order valence-electron chi connectivity index (χ0n) is 24.3. The third kappa shape index (κ3) is 6.52. The molecule has 0 bridgehead atoms. The normalized spacial score (nSPS) is 18.6. The summed E-state index contributed by atoms with van der Waals surface area (Å²) in [6.45, 7) is 12.7. The number of hydrogen-bond donors (Lipinski definition) is 2. The monoisotopic (exact) mass is 554 g/mol. The first kappa shape index (κ1) is 28.8. The molecule has 13 nitrogen and oxygen atoms in total. The average Bonchev–Trinajstić information content (AvgIpc) is 3.47. The fraction of sp³-hybridized carbons (Fsp3) is 0.556. The average molecular weight is 555 g/mol. The van der Waals surface area contributed by atoms with Crippen LogP contribution in [0.3, 0.4) is 0 Å². The Morgan fingerprint density at radius 3 is 2.38 bits per heavy atom. The molecular weight excluding hydrogens is 516 g/mol. The van der Waals surface area contributed by atoms with Gasteiger partial charge in [-0.05, 0) is 61.3 Å². The van der Waals surface area contributed by atoms with Crippen LogP contribution in [0, 0.1) is 0 Å². The van der Waals surface area contributed by atoms with Crippen LogP contribution in [0.5, 0.6) is 0 Å². The standard InChI is InChI=1S/C27H38N8O5/c1-16(32-38)21-10-9-17(15-34(21)25(37)40-27(5,6)7)20-11-22(31-24(36)39-26(2,3)4)35-23(30-20)19(13-29-35)18-12-28-33(8)14-18/h11-14,17,21,38H,9-10,15H2,1-8H3,(H,31,36)/b32-16+. The molecule has 1 saturated heterocycles. The van der Waals surface area contributed by atoms with Gasteiger partial charge in [0.25, 0.3) is 0 Å². The number of hydrogen-bond acceptors (Lipinski definition) is 9. The number of oxime groups is 1. The molecule has 1 fully saturated rings. The van der Waals surface area contributed by atoms with Gasteiger partial charge in [0.15, 0.2) is 5.65 Å². The van der Waals surface area contributed by atoms with E-state index in [2.05, 4.69) is 20.7 Å². The minimum atomic E-state index is -0.698. The van der Waals surface area contributed by atoms with Crippen LogP contribution in [-0.4, -0.2) is 76.2 Å². The summed E-state index contributed by atoms with van der Waals surface area (Å²) in [5, 5.41) is 24.4. The van der Waals surface area contributed by atoms with Crippen LogP contribution in [0.1, 0.15) is 72.9 Å². The van der Waals surface area contributed by atoms with Crippen LogP contribution in [-0.2, 0) is 16.5 Å². The van der Waals surface area contributed by atoms with E-state index < -0.39 is 29.4 Å². The summed E-state index contributed by atoms with van der Waals surface area (Å²) in [5.41, 5.74) is 1.78. The molecule has 1 aliphatic heterocycles. The molecule has 2 N–H and O–H groups in total. The second-order valence-corrected chi connectivity index (χ2v) is 12.1. The zero-order valence-corrected chi connectivity index (χ0v) is 24.3. The van der Waals surface area contributed by atoms with Crippen molar-refractivity contribution >= 4 is 29.4 Å². The van der Waals surface area contributed by atoms with E-state index in [1.807, 2.05) is 13.2 Å². The smallest absolute Gasteiger partial charge is 0.413 e. The molecule has 0 saturated carbocycles. The van der Waals surface area contributed by atoms with Crippen molar-refractivity contribution in [2.75, 3.05) is 11.9 Å². The summed E-state index contributed by atoms with van der Waals surface area (Å²) in [6.07, 6.45) is 5.32. The number of likely N-dealkylation sites (tertiary alicyclic amines) is 1. The molecule has 0 spiro atoms. The Labute approximate surface area is 233 Å². The van der Waals surface area contributed by atoms with Crippen LogP contribution in [0.25, 0.3) is 16.8 Å². The number of aryl methyl sites for hydroxylation is 1. The highest BCUT2D eigenvalue weighted by molar-refractivity contribution is 5.90. The predicted molar refractivity (Wildman–Crippen MR) is 149 cm³/mol. The highest BCUT2D eigenvalue weighted by atomic mass is 16.6. The van der Waals surface area contributed by atoms with Gasteiger partial charge >= 0.3 is 12.2 Å². The molecule has 4 rings (SSSR count). The van der Waals surface area contributed by atoms with Crippen molar-refractivity contribution in [3.63, 3.8) is 0 Å². The maximum atomic E-state index is 13.2. The number of nitrogens with one attached hydrogen (secondary N) is 1. The third-order valence-corrected chi connectivity index (χ3v) is 6.40. The van der Waals surface area contributed by atoms with Crippen LogP contribution >= 0.6 is 0 Å². The van der Waals surface area contributed by atoms with Crippen molar-refractivity contribution in [1.82, 2.24) is 29.3 Å². The van der Waals surface area contributed by atoms with Gasteiger partial charge in [0.1, 0.15) is 17.0 Å². The van der Waals surface area contributed by atoms with Gasteiger partial charge in [0.05, 0.1) is 29.8 Å². The lowest BCUT2D eigenvalue weighted by atomic mass is 9.88. The molecule has 40 heavy (non-hydrogen) atoms. The molecular formula is C27H38N8O5. The lowest BCUT2D eigenvalue weighted by molar-refractivity contribution is 0.0142. The second kappa shape index (κ2) is 10.8. The molecule has 13 heteroatoms. The molecule has 3 aromatic heterocycles.